The summed E-state index contributed by atoms with van der Waals surface area (Å²) in [6.07, 6.45) is 0.304. The maximum atomic E-state index is 10.00. The van der Waals surface area contributed by atoms with E-state index in [1.165, 1.54) is 0 Å². The highest BCUT2D eigenvalue weighted by Crippen LogP contribution is 2.18. The number of nitrogens with one attached hydrogen (secondary N) is 1. The molecule has 0 aromatic heterocycles. The van der Waals surface area contributed by atoms with Gasteiger partial charge in [0.1, 0.15) is 5.75 Å². The van der Waals surface area contributed by atoms with Crippen LogP contribution in [0.1, 0.15) is 18.1 Å². The highest BCUT2D eigenvalue weighted by Gasteiger charge is 2.07. The molecule has 5 nitrogen and oxygen atoms in total. The van der Waals surface area contributed by atoms with E-state index in [0.29, 0.717) is 19.8 Å². The third kappa shape index (κ3) is 6.54. The van der Waals surface area contributed by atoms with E-state index in [1.807, 2.05) is 24.3 Å². The third-order valence-corrected chi connectivity index (χ3v) is 2.69. The molecule has 1 atom stereocenters. The second-order valence-electron chi connectivity index (χ2n) is 4.19. The predicted molar refractivity (Wildman–Crippen MR) is 73.3 cm³/mol. The number of aliphatic hydroxyl groups is 2. The summed E-state index contributed by atoms with van der Waals surface area (Å²) in [5.74, 6) is 0.744. The van der Waals surface area contributed by atoms with Gasteiger partial charge in [-0.2, -0.15) is 0 Å². The van der Waals surface area contributed by atoms with Crippen molar-refractivity contribution in [2.24, 2.45) is 0 Å². The van der Waals surface area contributed by atoms with Crippen LogP contribution >= 0.6 is 0 Å². The van der Waals surface area contributed by atoms with E-state index in [0.717, 1.165) is 24.3 Å². The number of ether oxygens (including phenoxy) is 2. The summed E-state index contributed by atoms with van der Waals surface area (Å²) in [5, 5.41) is 21.7. The Morgan fingerprint density at radius 1 is 1.32 bits per heavy atom. The smallest absolute Gasteiger partial charge is 0.119 e. The van der Waals surface area contributed by atoms with Gasteiger partial charge in [-0.25, -0.2) is 0 Å². The SMILES string of the molecule is COc1cccc(C(O)CNCCCOCCO)c1. The van der Waals surface area contributed by atoms with Crippen LogP contribution in [-0.4, -0.2) is 50.2 Å². The zero-order valence-electron chi connectivity index (χ0n) is 11.3. The quantitative estimate of drug-likeness (QED) is 0.546. The van der Waals surface area contributed by atoms with E-state index in [-0.39, 0.29) is 6.61 Å². The van der Waals surface area contributed by atoms with Crippen LogP contribution in [-0.2, 0) is 4.74 Å². The fourth-order valence-corrected chi connectivity index (χ4v) is 1.67. The molecule has 0 heterocycles. The Labute approximate surface area is 114 Å². The third-order valence-electron chi connectivity index (χ3n) is 2.69. The molecule has 1 unspecified atom stereocenters. The fourth-order valence-electron chi connectivity index (χ4n) is 1.67. The molecular weight excluding hydrogens is 246 g/mol. The molecule has 0 amide bonds. The number of hydrogen-bond acceptors (Lipinski definition) is 5. The Bertz CT molecular complexity index is 346. The second kappa shape index (κ2) is 9.75. The zero-order chi connectivity index (χ0) is 13.9. The van der Waals surface area contributed by atoms with E-state index in [1.54, 1.807) is 7.11 Å². The molecule has 5 heteroatoms. The van der Waals surface area contributed by atoms with E-state index in [2.05, 4.69) is 5.32 Å². The van der Waals surface area contributed by atoms with Crippen LogP contribution in [0.5, 0.6) is 5.75 Å². The van der Waals surface area contributed by atoms with Crippen LogP contribution in [0.25, 0.3) is 0 Å². The Morgan fingerprint density at radius 3 is 2.89 bits per heavy atom. The Hall–Kier alpha value is -1.14. The molecule has 0 bridgehead atoms. The lowest BCUT2D eigenvalue weighted by Crippen LogP contribution is -2.23. The molecule has 0 aliphatic rings. The van der Waals surface area contributed by atoms with Gasteiger partial charge in [0.2, 0.25) is 0 Å². The maximum absolute atomic E-state index is 10.00. The average molecular weight is 269 g/mol. The summed E-state index contributed by atoms with van der Waals surface area (Å²) >= 11 is 0. The second-order valence-corrected chi connectivity index (χ2v) is 4.19. The zero-order valence-corrected chi connectivity index (χ0v) is 11.3. The van der Waals surface area contributed by atoms with Crippen molar-refractivity contribution >= 4 is 0 Å². The number of hydrogen-bond donors (Lipinski definition) is 3. The molecule has 1 rings (SSSR count). The van der Waals surface area contributed by atoms with Gasteiger partial charge in [-0.15, -0.1) is 0 Å². The largest absolute Gasteiger partial charge is 0.497 e. The Balaban J connectivity index is 2.18. The first-order valence-corrected chi connectivity index (χ1v) is 6.49. The molecule has 3 N–H and O–H groups in total. The minimum absolute atomic E-state index is 0.0575. The molecule has 0 spiro atoms. The van der Waals surface area contributed by atoms with Crippen molar-refractivity contribution in [2.45, 2.75) is 12.5 Å². The molecule has 108 valence electrons. The topological polar surface area (TPSA) is 71.0 Å². The van der Waals surface area contributed by atoms with Crippen LogP contribution in [0.4, 0.5) is 0 Å². The first-order valence-electron chi connectivity index (χ1n) is 6.49. The van der Waals surface area contributed by atoms with Gasteiger partial charge < -0.3 is 25.0 Å². The molecule has 0 saturated heterocycles. The normalized spacial score (nSPS) is 12.4. The van der Waals surface area contributed by atoms with Gasteiger partial charge in [0.25, 0.3) is 0 Å². The van der Waals surface area contributed by atoms with E-state index >= 15 is 0 Å². The summed E-state index contributed by atoms with van der Waals surface area (Å²) in [6.45, 7) is 2.32. The van der Waals surface area contributed by atoms with Crippen molar-refractivity contribution in [2.75, 3.05) is 40.0 Å². The first-order chi connectivity index (χ1) is 9.27. The standard InChI is InChI=1S/C14H23NO4/c1-18-13-5-2-4-12(10-13)14(17)11-15-6-3-8-19-9-7-16/h2,4-5,10,14-17H,3,6-9,11H2,1H3. The van der Waals surface area contributed by atoms with E-state index < -0.39 is 6.10 Å². The van der Waals surface area contributed by atoms with E-state index in [9.17, 15) is 5.11 Å². The van der Waals surface area contributed by atoms with Crippen LogP contribution < -0.4 is 10.1 Å². The molecule has 19 heavy (non-hydrogen) atoms. The van der Waals surface area contributed by atoms with Crippen LogP contribution in [0.2, 0.25) is 0 Å². The number of rotatable bonds is 10. The van der Waals surface area contributed by atoms with Gasteiger partial charge in [-0.3, -0.25) is 0 Å². The molecule has 1 aromatic rings. The van der Waals surface area contributed by atoms with Gasteiger partial charge >= 0.3 is 0 Å². The molecule has 0 aliphatic carbocycles. The van der Waals surface area contributed by atoms with Crippen LogP contribution in [0, 0.1) is 0 Å². The monoisotopic (exact) mass is 269 g/mol. The number of benzene rings is 1. The molecule has 0 aliphatic heterocycles. The van der Waals surface area contributed by atoms with Gasteiger partial charge in [-0.1, -0.05) is 12.1 Å². The molecule has 1 aromatic carbocycles. The predicted octanol–water partition coefficient (Wildman–Crippen LogP) is 0.717. The van der Waals surface area contributed by atoms with Gasteiger partial charge in [-0.05, 0) is 30.7 Å². The minimum atomic E-state index is -0.548. The summed E-state index contributed by atoms with van der Waals surface area (Å²) in [5.41, 5.74) is 0.836. The average Bonchev–Trinajstić information content (AvgIpc) is 2.46. The highest BCUT2D eigenvalue weighted by atomic mass is 16.5. The van der Waals surface area contributed by atoms with Crippen molar-refractivity contribution in [1.29, 1.82) is 0 Å². The Kier molecular flexibility index (Phi) is 8.16. The summed E-state index contributed by atoms with van der Waals surface area (Å²) < 4.78 is 10.3. The minimum Gasteiger partial charge on any atom is -0.497 e. The lowest BCUT2D eigenvalue weighted by Gasteiger charge is -2.13. The molecular formula is C14H23NO4. The Morgan fingerprint density at radius 2 is 2.16 bits per heavy atom. The summed E-state index contributed by atoms with van der Waals surface area (Å²) in [6, 6.07) is 7.41. The van der Waals surface area contributed by atoms with Crippen molar-refractivity contribution in [3.8, 4) is 5.75 Å². The van der Waals surface area contributed by atoms with Crippen molar-refractivity contribution in [1.82, 2.24) is 5.32 Å². The van der Waals surface area contributed by atoms with E-state index in [4.69, 9.17) is 14.6 Å². The molecule has 0 fully saturated rings. The van der Waals surface area contributed by atoms with Crippen molar-refractivity contribution < 1.29 is 19.7 Å². The van der Waals surface area contributed by atoms with Crippen LogP contribution in [0.3, 0.4) is 0 Å². The first kappa shape index (κ1) is 15.9. The van der Waals surface area contributed by atoms with Gasteiger partial charge in [0.15, 0.2) is 0 Å². The van der Waals surface area contributed by atoms with Gasteiger partial charge in [0, 0.05) is 13.2 Å². The fraction of sp³-hybridized carbons (Fsp3) is 0.571. The number of aliphatic hydroxyl groups excluding tert-OH is 2. The summed E-state index contributed by atoms with van der Waals surface area (Å²) in [4.78, 5) is 0. The van der Waals surface area contributed by atoms with Crippen LogP contribution in [0.15, 0.2) is 24.3 Å². The highest BCUT2D eigenvalue weighted by molar-refractivity contribution is 5.29. The number of methoxy groups -OCH3 is 1. The maximum Gasteiger partial charge on any atom is 0.119 e. The van der Waals surface area contributed by atoms with Gasteiger partial charge in [0.05, 0.1) is 26.4 Å². The lowest BCUT2D eigenvalue weighted by molar-refractivity contribution is 0.0899. The molecule has 0 radical (unpaired) electrons. The summed E-state index contributed by atoms with van der Waals surface area (Å²) in [7, 11) is 1.61. The van der Waals surface area contributed by atoms with Crippen molar-refractivity contribution in [3.63, 3.8) is 0 Å². The van der Waals surface area contributed by atoms with Crippen molar-refractivity contribution in [3.05, 3.63) is 29.8 Å². The lowest BCUT2D eigenvalue weighted by atomic mass is 10.1. The molecule has 0 saturated carbocycles.